The molecule has 0 fully saturated rings. The first-order valence-corrected chi connectivity index (χ1v) is 6.46. The molecule has 0 saturated carbocycles. The number of aryl methyl sites for hydroxylation is 1. The summed E-state index contributed by atoms with van der Waals surface area (Å²) >= 11 is 0. The van der Waals surface area contributed by atoms with Crippen molar-refractivity contribution in [1.82, 2.24) is 0 Å². The number of rotatable bonds is 4. The molecule has 0 unspecified atom stereocenters. The number of carbonyl (C=O) groups excluding carboxylic acids is 1. The van der Waals surface area contributed by atoms with E-state index in [0.717, 1.165) is 16.7 Å². The molecular weight excluding hydrogens is 252 g/mol. The Morgan fingerprint density at radius 2 is 1.90 bits per heavy atom. The number of amides is 1. The zero-order valence-electron chi connectivity index (χ0n) is 11.4. The van der Waals surface area contributed by atoms with Gasteiger partial charge in [0.1, 0.15) is 5.75 Å². The van der Waals surface area contributed by atoms with Crippen molar-refractivity contribution in [2.24, 2.45) is 5.73 Å². The van der Waals surface area contributed by atoms with Gasteiger partial charge in [-0.3, -0.25) is 4.79 Å². The van der Waals surface area contributed by atoms with Gasteiger partial charge >= 0.3 is 0 Å². The van der Waals surface area contributed by atoms with Crippen molar-refractivity contribution in [3.05, 3.63) is 59.2 Å². The van der Waals surface area contributed by atoms with Crippen LogP contribution in [0.3, 0.4) is 0 Å². The molecule has 4 N–H and O–H groups in total. The standard InChI is InChI=1S/C16H18N2O2/c1-11-8-14(6-7-15(11)19)18-16(20)9-12-4-2-3-5-13(12)10-17/h2-8,19H,9-10,17H2,1H3,(H,18,20). The van der Waals surface area contributed by atoms with E-state index in [9.17, 15) is 9.90 Å². The zero-order valence-corrected chi connectivity index (χ0v) is 11.4. The van der Waals surface area contributed by atoms with Crippen molar-refractivity contribution in [1.29, 1.82) is 0 Å². The maximum Gasteiger partial charge on any atom is 0.228 e. The number of phenols is 1. The van der Waals surface area contributed by atoms with Crippen LogP contribution in [0.4, 0.5) is 5.69 Å². The maximum atomic E-state index is 12.0. The van der Waals surface area contributed by atoms with Crippen molar-refractivity contribution in [2.45, 2.75) is 19.9 Å². The average Bonchev–Trinajstić information content (AvgIpc) is 2.43. The van der Waals surface area contributed by atoms with Gasteiger partial charge in [-0.05, 0) is 41.8 Å². The highest BCUT2D eigenvalue weighted by atomic mass is 16.3. The van der Waals surface area contributed by atoms with E-state index in [1.807, 2.05) is 24.3 Å². The normalized spacial score (nSPS) is 10.3. The molecule has 0 atom stereocenters. The molecular formula is C16H18N2O2. The van der Waals surface area contributed by atoms with Crippen LogP contribution in [0.1, 0.15) is 16.7 Å². The lowest BCUT2D eigenvalue weighted by Gasteiger charge is -2.09. The Kier molecular flexibility index (Phi) is 4.38. The van der Waals surface area contributed by atoms with Gasteiger partial charge in [0.15, 0.2) is 0 Å². The van der Waals surface area contributed by atoms with Gasteiger partial charge in [-0.1, -0.05) is 24.3 Å². The van der Waals surface area contributed by atoms with Crippen LogP contribution < -0.4 is 11.1 Å². The minimum absolute atomic E-state index is 0.101. The van der Waals surface area contributed by atoms with Crippen LogP contribution in [0.25, 0.3) is 0 Å². The van der Waals surface area contributed by atoms with E-state index in [2.05, 4.69) is 5.32 Å². The zero-order chi connectivity index (χ0) is 14.5. The summed E-state index contributed by atoms with van der Waals surface area (Å²) in [5, 5.41) is 12.3. The first-order valence-electron chi connectivity index (χ1n) is 6.46. The maximum absolute atomic E-state index is 12.0. The molecule has 2 rings (SSSR count). The molecule has 0 heterocycles. The SMILES string of the molecule is Cc1cc(NC(=O)Cc2ccccc2CN)ccc1O. The average molecular weight is 270 g/mol. The van der Waals surface area contributed by atoms with E-state index in [1.54, 1.807) is 25.1 Å². The van der Waals surface area contributed by atoms with Crippen LogP contribution in [-0.4, -0.2) is 11.0 Å². The lowest BCUT2D eigenvalue weighted by Crippen LogP contribution is -2.16. The molecule has 4 heteroatoms. The highest BCUT2D eigenvalue weighted by Crippen LogP contribution is 2.20. The lowest BCUT2D eigenvalue weighted by molar-refractivity contribution is -0.115. The molecule has 104 valence electrons. The van der Waals surface area contributed by atoms with Gasteiger partial charge in [-0.15, -0.1) is 0 Å². The summed E-state index contributed by atoms with van der Waals surface area (Å²) in [5.41, 5.74) is 8.97. The van der Waals surface area contributed by atoms with Crippen molar-refractivity contribution in [3.8, 4) is 5.75 Å². The molecule has 0 radical (unpaired) electrons. The summed E-state index contributed by atoms with van der Waals surface area (Å²) in [5.74, 6) is 0.118. The summed E-state index contributed by atoms with van der Waals surface area (Å²) < 4.78 is 0. The van der Waals surface area contributed by atoms with Crippen LogP contribution in [0.2, 0.25) is 0 Å². The van der Waals surface area contributed by atoms with E-state index in [-0.39, 0.29) is 18.1 Å². The number of benzene rings is 2. The molecule has 4 nitrogen and oxygen atoms in total. The molecule has 0 aliphatic rings. The molecule has 0 aliphatic heterocycles. The first-order chi connectivity index (χ1) is 9.60. The number of hydrogen-bond donors (Lipinski definition) is 3. The summed E-state index contributed by atoms with van der Waals surface area (Å²) in [4.78, 5) is 12.0. The Balaban J connectivity index is 2.07. The molecule has 1 amide bonds. The van der Waals surface area contributed by atoms with E-state index in [1.165, 1.54) is 0 Å². The highest BCUT2D eigenvalue weighted by Gasteiger charge is 2.08. The number of anilines is 1. The Hall–Kier alpha value is -2.33. The van der Waals surface area contributed by atoms with E-state index in [4.69, 9.17) is 5.73 Å². The van der Waals surface area contributed by atoms with Crippen LogP contribution in [0, 0.1) is 6.92 Å². The summed E-state index contributed by atoms with van der Waals surface area (Å²) in [6.07, 6.45) is 0.285. The fourth-order valence-corrected chi connectivity index (χ4v) is 2.04. The molecule has 0 aliphatic carbocycles. The number of carbonyl (C=O) groups is 1. The number of nitrogens with two attached hydrogens (primary N) is 1. The second-order valence-electron chi connectivity index (χ2n) is 4.70. The van der Waals surface area contributed by atoms with E-state index in [0.29, 0.717) is 12.2 Å². The second kappa shape index (κ2) is 6.21. The van der Waals surface area contributed by atoms with E-state index < -0.39 is 0 Å². The first kappa shape index (κ1) is 14.1. The Morgan fingerprint density at radius 3 is 2.55 bits per heavy atom. The van der Waals surface area contributed by atoms with E-state index >= 15 is 0 Å². The molecule has 20 heavy (non-hydrogen) atoms. The smallest absolute Gasteiger partial charge is 0.228 e. The summed E-state index contributed by atoms with van der Waals surface area (Å²) in [6, 6.07) is 12.6. The molecule has 0 bridgehead atoms. The molecule has 0 spiro atoms. The molecule has 0 aromatic heterocycles. The monoisotopic (exact) mass is 270 g/mol. The van der Waals surface area contributed by atoms with Gasteiger partial charge < -0.3 is 16.2 Å². The van der Waals surface area contributed by atoms with Gasteiger partial charge in [-0.2, -0.15) is 0 Å². The van der Waals surface area contributed by atoms with Gasteiger partial charge in [0.25, 0.3) is 0 Å². The van der Waals surface area contributed by atoms with Gasteiger partial charge in [0, 0.05) is 12.2 Å². The number of hydrogen-bond acceptors (Lipinski definition) is 3. The third-order valence-electron chi connectivity index (χ3n) is 3.17. The Bertz CT molecular complexity index is 624. The number of phenolic OH excluding ortho intramolecular Hbond substituents is 1. The van der Waals surface area contributed by atoms with Crippen LogP contribution in [0.15, 0.2) is 42.5 Å². The predicted molar refractivity (Wildman–Crippen MR) is 79.5 cm³/mol. The van der Waals surface area contributed by atoms with Crippen molar-refractivity contribution in [2.75, 3.05) is 5.32 Å². The van der Waals surface area contributed by atoms with Crippen molar-refractivity contribution in [3.63, 3.8) is 0 Å². The third-order valence-corrected chi connectivity index (χ3v) is 3.17. The molecule has 2 aromatic carbocycles. The minimum Gasteiger partial charge on any atom is -0.508 e. The van der Waals surface area contributed by atoms with Gasteiger partial charge in [0.2, 0.25) is 5.91 Å². The van der Waals surface area contributed by atoms with Crippen LogP contribution in [0.5, 0.6) is 5.75 Å². The van der Waals surface area contributed by atoms with Crippen LogP contribution in [-0.2, 0) is 17.8 Å². The summed E-state index contributed by atoms with van der Waals surface area (Å²) in [7, 11) is 0. The number of aromatic hydroxyl groups is 1. The second-order valence-corrected chi connectivity index (χ2v) is 4.70. The largest absolute Gasteiger partial charge is 0.508 e. The molecule has 0 saturated heterocycles. The fourth-order valence-electron chi connectivity index (χ4n) is 2.04. The van der Waals surface area contributed by atoms with Crippen LogP contribution >= 0.6 is 0 Å². The molecule has 2 aromatic rings. The highest BCUT2D eigenvalue weighted by molar-refractivity contribution is 5.92. The number of nitrogens with one attached hydrogen (secondary N) is 1. The Morgan fingerprint density at radius 1 is 1.20 bits per heavy atom. The minimum atomic E-state index is -0.101. The van der Waals surface area contributed by atoms with Gasteiger partial charge in [-0.25, -0.2) is 0 Å². The van der Waals surface area contributed by atoms with Crippen molar-refractivity contribution < 1.29 is 9.90 Å². The lowest BCUT2D eigenvalue weighted by atomic mass is 10.0. The summed E-state index contributed by atoms with van der Waals surface area (Å²) in [6.45, 7) is 2.20. The van der Waals surface area contributed by atoms with Crippen molar-refractivity contribution >= 4 is 11.6 Å². The fraction of sp³-hybridized carbons (Fsp3) is 0.188. The quantitative estimate of drug-likeness (QED) is 0.746. The topological polar surface area (TPSA) is 75.4 Å². The van der Waals surface area contributed by atoms with Gasteiger partial charge in [0.05, 0.1) is 6.42 Å². The Labute approximate surface area is 118 Å². The third kappa shape index (κ3) is 3.36. The predicted octanol–water partition coefficient (Wildman–Crippen LogP) is 2.34.